The number of morpholine rings is 1. The highest BCUT2D eigenvalue weighted by Crippen LogP contribution is 2.30. The van der Waals surface area contributed by atoms with E-state index in [4.69, 9.17) is 15.5 Å². The van der Waals surface area contributed by atoms with Crippen molar-refractivity contribution < 1.29 is 9.13 Å². The van der Waals surface area contributed by atoms with Gasteiger partial charge in [0.25, 0.3) is 0 Å². The highest BCUT2D eigenvalue weighted by Gasteiger charge is 2.32. The second-order valence-electron chi connectivity index (χ2n) is 10.7. The van der Waals surface area contributed by atoms with Crippen molar-refractivity contribution in [3.05, 3.63) is 48.3 Å². The molecule has 3 aliphatic heterocycles. The number of halogens is 1. The van der Waals surface area contributed by atoms with Crippen LogP contribution in [0.3, 0.4) is 0 Å². The predicted octanol–water partition coefficient (Wildman–Crippen LogP) is 1.80. The maximum atomic E-state index is 13.9. The maximum absolute atomic E-state index is 13.9. The molecule has 2 aromatic heterocycles. The molecule has 3 aromatic rings. The quantitative estimate of drug-likeness (QED) is 0.523. The van der Waals surface area contributed by atoms with Gasteiger partial charge < -0.3 is 25.2 Å². The minimum atomic E-state index is -1.05. The van der Waals surface area contributed by atoms with Gasteiger partial charge in [0.15, 0.2) is 0 Å². The molecular formula is C28H34FN9O. The largest absolute Gasteiger partial charge is 0.370 e. The molecule has 0 radical (unpaired) electrons. The summed E-state index contributed by atoms with van der Waals surface area (Å²) in [5, 5.41) is 10.5. The number of aromatic nitrogens is 3. The van der Waals surface area contributed by atoms with Gasteiger partial charge in [-0.25, -0.2) is 9.37 Å². The van der Waals surface area contributed by atoms with Crippen LogP contribution in [0.5, 0.6) is 0 Å². The second-order valence-corrected chi connectivity index (χ2v) is 10.7. The zero-order valence-corrected chi connectivity index (χ0v) is 22.2. The van der Waals surface area contributed by atoms with E-state index >= 15 is 0 Å². The SMILES string of the molecule is C[C@@H]1CN(c2ccc(C#N)c3ncccc23)C[C@H](CN2CCN(c3ccnc(N4C[C@@H](N)[C@H](F)C4)n3)CC2)O1. The Morgan fingerprint density at radius 3 is 2.62 bits per heavy atom. The summed E-state index contributed by atoms with van der Waals surface area (Å²) in [5.74, 6) is 1.41. The number of nitriles is 1. The molecule has 0 amide bonds. The first-order chi connectivity index (χ1) is 19.0. The van der Waals surface area contributed by atoms with Crippen LogP contribution < -0.4 is 20.4 Å². The topological polar surface area (TPSA) is 111 Å². The molecule has 4 atom stereocenters. The van der Waals surface area contributed by atoms with Gasteiger partial charge in [0, 0.05) is 75.8 Å². The second kappa shape index (κ2) is 10.9. The van der Waals surface area contributed by atoms with E-state index < -0.39 is 12.2 Å². The Balaban J connectivity index is 1.08. The minimum Gasteiger partial charge on any atom is -0.370 e. The van der Waals surface area contributed by atoms with Crippen LogP contribution in [0, 0.1) is 11.3 Å². The van der Waals surface area contributed by atoms with Gasteiger partial charge in [-0.3, -0.25) is 9.88 Å². The molecule has 39 heavy (non-hydrogen) atoms. The summed E-state index contributed by atoms with van der Waals surface area (Å²) in [6, 6.07) is 11.6. The molecule has 0 saturated carbocycles. The van der Waals surface area contributed by atoms with Crippen molar-refractivity contribution in [3.63, 3.8) is 0 Å². The molecule has 5 heterocycles. The molecule has 3 aliphatic rings. The molecule has 2 N–H and O–H groups in total. The third-order valence-corrected chi connectivity index (χ3v) is 7.89. The monoisotopic (exact) mass is 531 g/mol. The Kier molecular flexibility index (Phi) is 7.16. The fraction of sp³-hybridized carbons (Fsp3) is 0.500. The molecule has 3 saturated heterocycles. The minimum absolute atomic E-state index is 0.0707. The molecule has 6 rings (SSSR count). The average molecular weight is 532 g/mol. The predicted molar refractivity (Wildman–Crippen MR) is 149 cm³/mol. The fourth-order valence-electron chi connectivity index (χ4n) is 5.93. The molecule has 0 unspecified atom stereocenters. The number of piperazine rings is 1. The Labute approximate surface area is 227 Å². The van der Waals surface area contributed by atoms with E-state index in [1.807, 2.05) is 35.2 Å². The van der Waals surface area contributed by atoms with Crippen molar-refractivity contribution in [3.8, 4) is 6.07 Å². The first-order valence-electron chi connectivity index (χ1n) is 13.6. The number of rotatable bonds is 5. The molecule has 0 spiro atoms. The molecular weight excluding hydrogens is 497 g/mol. The van der Waals surface area contributed by atoms with Gasteiger partial charge >= 0.3 is 0 Å². The van der Waals surface area contributed by atoms with Crippen LogP contribution in [-0.4, -0.2) is 103 Å². The summed E-state index contributed by atoms with van der Waals surface area (Å²) < 4.78 is 20.3. The lowest BCUT2D eigenvalue weighted by atomic mass is 10.1. The number of pyridine rings is 1. The smallest absolute Gasteiger partial charge is 0.227 e. The van der Waals surface area contributed by atoms with Gasteiger partial charge in [-0.15, -0.1) is 0 Å². The van der Waals surface area contributed by atoms with E-state index in [9.17, 15) is 9.65 Å². The third-order valence-electron chi connectivity index (χ3n) is 7.89. The Bertz CT molecular complexity index is 1350. The Morgan fingerprint density at radius 2 is 1.85 bits per heavy atom. The molecule has 204 valence electrons. The van der Waals surface area contributed by atoms with E-state index in [1.165, 1.54) is 0 Å². The lowest BCUT2D eigenvalue weighted by Crippen LogP contribution is -2.54. The summed E-state index contributed by atoms with van der Waals surface area (Å²) in [6.07, 6.45) is 2.60. The Hall–Kier alpha value is -3.59. The van der Waals surface area contributed by atoms with Gasteiger partial charge in [0.1, 0.15) is 18.1 Å². The maximum Gasteiger partial charge on any atom is 0.227 e. The van der Waals surface area contributed by atoms with Gasteiger partial charge in [-0.2, -0.15) is 10.2 Å². The molecule has 1 aromatic carbocycles. The molecule has 3 fully saturated rings. The summed E-state index contributed by atoms with van der Waals surface area (Å²) in [6.45, 7) is 8.71. The fourth-order valence-corrected chi connectivity index (χ4v) is 5.93. The van der Waals surface area contributed by atoms with Crippen molar-refractivity contribution in [2.45, 2.75) is 31.3 Å². The first kappa shape index (κ1) is 25.7. The van der Waals surface area contributed by atoms with Gasteiger partial charge in [0.05, 0.1) is 35.9 Å². The van der Waals surface area contributed by atoms with E-state index in [0.717, 1.165) is 68.2 Å². The van der Waals surface area contributed by atoms with Crippen molar-refractivity contribution in [2.75, 3.05) is 73.6 Å². The average Bonchev–Trinajstić information content (AvgIpc) is 3.30. The summed E-state index contributed by atoms with van der Waals surface area (Å²) in [4.78, 5) is 22.5. The van der Waals surface area contributed by atoms with Crippen molar-refractivity contribution in [1.82, 2.24) is 19.9 Å². The highest BCUT2D eigenvalue weighted by atomic mass is 19.1. The molecule has 0 aliphatic carbocycles. The van der Waals surface area contributed by atoms with E-state index in [0.29, 0.717) is 18.1 Å². The van der Waals surface area contributed by atoms with Gasteiger partial charge in [-0.05, 0) is 37.3 Å². The standard InChI is InChI=1S/C28H34FN9O/c1-19-14-37(25-5-4-20(13-30)27-22(25)3-2-7-32-27)16-21(39-19)15-35-9-11-36(12-10-35)26-6-8-33-28(34-26)38-17-23(29)24(31)18-38/h2-8,19,21,23-24H,9-12,14-18,31H2,1H3/t19-,21+,23-,24-/m1/s1. The number of fused-ring (bicyclic) bond motifs is 1. The lowest BCUT2D eigenvalue weighted by molar-refractivity contribution is -0.0327. The zero-order valence-electron chi connectivity index (χ0n) is 22.2. The molecule has 10 nitrogen and oxygen atoms in total. The number of alkyl halides is 1. The van der Waals surface area contributed by atoms with Gasteiger partial charge in [-0.1, -0.05) is 0 Å². The van der Waals surface area contributed by atoms with Crippen LogP contribution in [0.2, 0.25) is 0 Å². The number of ether oxygens (including phenoxy) is 1. The van der Waals surface area contributed by atoms with Crippen LogP contribution >= 0.6 is 0 Å². The number of hydrogen-bond donors (Lipinski definition) is 1. The molecule has 0 bridgehead atoms. The van der Waals surface area contributed by atoms with Crippen LogP contribution in [0.4, 0.5) is 21.8 Å². The zero-order chi connectivity index (χ0) is 26.9. The van der Waals surface area contributed by atoms with E-state index in [2.05, 4.69) is 37.7 Å². The van der Waals surface area contributed by atoms with E-state index in [-0.39, 0.29) is 18.8 Å². The molecule has 11 heteroatoms. The van der Waals surface area contributed by atoms with Crippen LogP contribution in [-0.2, 0) is 4.74 Å². The van der Waals surface area contributed by atoms with E-state index in [1.54, 1.807) is 12.4 Å². The summed E-state index contributed by atoms with van der Waals surface area (Å²) in [7, 11) is 0. The summed E-state index contributed by atoms with van der Waals surface area (Å²) >= 11 is 0. The summed E-state index contributed by atoms with van der Waals surface area (Å²) in [5.41, 5.74) is 8.29. The van der Waals surface area contributed by atoms with Crippen molar-refractivity contribution in [1.29, 1.82) is 5.26 Å². The number of hydrogen-bond acceptors (Lipinski definition) is 10. The number of nitrogens with zero attached hydrogens (tertiary/aromatic N) is 8. The van der Waals surface area contributed by atoms with Gasteiger partial charge in [0.2, 0.25) is 5.95 Å². The number of anilines is 3. The highest BCUT2D eigenvalue weighted by molar-refractivity contribution is 5.95. The lowest BCUT2D eigenvalue weighted by Gasteiger charge is -2.42. The first-order valence-corrected chi connectivity index (χ1v) is 13.6. The van der Waals surface area contributed by atoms with Crippen LogP contribution in [0.1, 0.15) is 12.5 Å². The Morgan fingerprint density at radius 1 is 1.00 bits per heavy atom. The number of nitrogens with two attached hydrogens (primary N) is 1. The van der Waals surface area contributed by atoms with Crippen LogP contribution in [0.25, 0.3) is 10.9 Å². The third kappa shape index (κ3) is 5.32. The van der Waals surface area contributed by atoms with Crippen molar-refractivity contribution in [2.24, 2.45) is 5.73 Å². The van der Waals surface area contributed by atoms with Crippen LogP contribution in [0.15, 0.2) is 42.7 Å². The normalized spacial score (nSPS) is 26.3. The van der Waals surface area contributed by atoms with Crippen molar-refractivity contribution >= 4 is 28.4 Å². The number of benzene rings is 1.